The second-order valence-corrected chi connectivity index (χ2v) is 9.50. The summed E-state index contributed by atoms with van der Waals surface area (Å²) in [5.74, 6) is 1.59. The summed E-state index contributed by atoms with van der Waals surface area (Å²) in [6.07, 6.45) is 6.77. The minimum Gasteiger partial charge on any atom is -0.492 e. The van der Waals surface area contributed by atoms with Crippen LogP contribution in [0.1, 0.15) is 6.42 Å². The zero-order valence-corrected chi connectivity index (χ0v) is 19.9. The third-order valence-corrected chi connectivity index (χ3v) is 7.24. The number of benzene rings is 1. The first-order valence-corrected chi connectivity index (χ1v) is 12.4. The van der Waals surface area contributed by atoms with E-state index in [0.717, 1.165) is 50.7 Å². The normalized spacial score (nSPS) is 25.3. The van der Waals surface area contributed by atoms with E-state index in [4.69, 9.17) is 20.2 Å². The monoisotopic (exact) mass is 490 g/mol. The molecule has 1 aliphatic heterocycles. The molecule has 11 heteroatoms. The van der Waals surface area contributed by atoms with Gasteiger partial charge in [-0.25, -0.2) is 4.98 Å². The smallest absolute Gasteiger partial charge is 0.231 e. The van der Waals surface area contributed by atoms with E-state index in [-0.39, 0.29) is 29.7 Å². The van der Waals surface area contributed by atoms with Gasteiger partial charge in [0.25, 0.3) is 0 Å². The van der Waals surface area contributed by atoms with Gasteiger partial charge in [-0.05, 0) is 30.4 Å². The van der Waals surface area contributed by atoms with Crippen LogP contribution in [0.2, 0.25) is 0 Å². The van der Waals surface area contributed by atoms with Crippen LogP contribution in [0, 0.1) is 17.8 Å². The van der Waals surface area contributed by atoms with Crippen LogP contribution in [-0.4, -0.2) is 76.2 Å². The molecule has 3 heterocycles. The van der Waals surface area contributed by atoms with Crippen molar-refractivity contribution in [2.75, 3.05) is 50.1 Å². The van der Waals surface area contributed by atoms with Crippen LogP contribution in [0.5, 0.6) is 5.75 Å². The van der Waals surface area contributed by atoms with Gasteiger partial charge in [0.15, 0.2) is 11.5 Å². The number of nitrogens with one attached hydrogen (secondary N) is 3. The highest BCUT2D eigenvalue weighted by atomic mass is 16.5. The van der Waals surface area contributed by atoms with Gasteiger partial charge in [-0.2, -0.15) is 9.97 Å². The molecule has 5 N–H and O–H groups in total. The van der Waals surface area contributed by atoms with Crippen LogP contribution in [0.3, 0.4) is 0 Å². The van der Waals surface area contributed by atoms with Gasteiger partial charge in [0.05, 0.1) is 25.5 Å². The van der Waals surface area contributed by atoms with Crippen molar-refractivity contribution in [3.05, 3.63) is 42.7 Å². The van der Waals surface area contributed by atoms with E-state index in [2.05, 4.69) is 42.6 Å². The number of carbonyl (C=O) groups is 1. The number of morpholine rings is 1. The number of primary amides is 1. The van der Waals surface area contributed by atoms with Gasteiger partial charge in [-0.15, -0.1) is 0 Å². The number of allylic oxidation sites excluding steroid dienone is 1. The molecular formula is C25H30N8O3. The van der Waals surface area contributed by atoms with Crippen LogP contribution >= 0.6 is 0 Å². The number of aromatic nitrogens is 4. The number of H-pyrrole nitrogens is 1. The molecule has 2 fully saturated rings. The van der Waals surface area contributed by atoms with Gasteiger partial charge >= 0.3 is 0 Å². The molecule has 1 saturated carbocycles. The van der Waals surface area contributed by atoms with Crippen LogP contribution in [0.4, 0.5) is 17.5 Å². The zero-order chi connectivity index (χ0) is 24.5. The number of hydrogen-bond donors (Lipinski definition) is 4. The Labute approximate surface area is 208 Å². The molecule has 1 amide bonds. The molecule has 0 radical (unpaired) electrons. The number of rotatable bonds is 9. The number of imidazole rings is 1. The molecule has 2 bridgehead atoms. The summed E-state index contributed by atoms with van der Waals surface area (Å²) in [5.41, 5.74) is 7.77. The summed E-state index contributed by atoms with van der Waals surface area (Å²) in [6.45, 7) is 4.89. The molecule has 188 valence electrons. The second-order valence-electron chi connectivity index (χ2n) is 9.50. The van der Waals surface area contributed by atoms with Crippen LogP contribution < -0.4 is 21.1 Å². The Morgan fingerprint density at radius 3 is 2.94 bits per heavy atom. The Kier molecular flexibility index (Phi) is 6.16. The largest absolute Gasteiger partial charge is 0.492 e. The van der Waals surface area contributed by atoms with Crippen molar-refractivity contribution in [1.29, 1.82) is 0 Å². The number of amides is 1. The second kappa shape index (κ2) is 9.75. The molecule has 3 aromatic rings. The van der Waals surface area contributed by atoms with Crippen molar-refractivity contribution in [2.45, 2.75) is 12.5 Å². The van der Waals surface area contributed by atoms with Gasteiger partial charge in [0.2, 0.25) is 11.9 Å². The van der Waals surface area contributed by atoms with Crippen molar-refractivity contribution in [1.82, 2.24) is 24.8 Å². The van der Waals surface area contributed by atoms with Crippen molar-refractivity contribution in [3.8, 4) is 5.75 Å². The van der Waals surface area contributed by atoms with Gasteiger partial charge < -0.3 is 30.8 Å². The average molecular weight is 491 g/mol. The fraction of sp³-hybridized carbons (Fsp3) is 0.440. The van der Waals surface area contributed by atoms with Gasteiger partial charge in [-0.3, -0.25) is 9.69 Å². The van der Waals surface area contributed by atoms with E-state index in [1.165, 1.54) is 0 Å². The lowest BCUT2D eigenvalue weighted by atomic mass is 9.88. The van der Waals surface area contributed by atoms with Crippen LogP contribution in [0.25, 0.3) is 11.2 Å². The molecule has 36 heavy (non-hydrogen) atoms. The van der Waals surface area contributed by atoms with Crippen LogP contribution in [0.15, 0.2) is 42.7 Å². The predicted molar refractivity (Wildman–Crippen MR) is 135 cm³/mol. The number of anilines is 3. The number of hydrogen-bond acceptors (Lipinski definition) is 9. The summed E-state index contributed by atoms with van der Waals surface area (Å²) < 4.78 is 11.4. The summed E-state index contributed by atoms with van der Waals surface area (Å²) in [7, 11) is 0. The number of aromatic amines is 1. The first-order chi connectivity index (χ1) is 17.6. The SMILES string of the molecule is NC(=O)[C@H]1[C@@H](Nc2nc(Nc3cccc(OCCN4CCOCC4)c3)nc3[nH]cnc23)[C@@H]2C=C[C@H]1C2. The fourth-order valence-corrected chi connectivity index (χ4v) is 5.47. The average Bonchev–Trinajstić information content (AvgIpc) is 3.62. The fourth-order valence-electron chi connectivity index (χ4n) is 5.47. The highest BCUT2D eigenvalue weighted by molar-refractivity contribution is 5.85. The molecular weight excluding hydrogens is 460 g/mol. The van der Waals surface area contributed by atoms with E-state index in [1.54, 1.807) is 6.33 Å². The molecule has 11 nitrogen and oxygen atoms in total. The van der Waals surface area contributed by atoms with Crippen molar-refractivity contribution >= 4 is 34.5 Å². The van der Waals surface area contributed by atoms with E-state index in [9.17, 15) is 4.79 Å². The lowest BCUT2D eigenvalue weighted by Crippen LogP contribution is -2.41. The Morgan fingerprint density at radius 1 is 1.22 bits per heavy atom. The van der Waals surface area contributed by atoms with Gasteiger partial charge in [-0.1, -0.05) is 18.2 Å². The third-order valence-electron chi connectivity index (χ3n) is 7.24. The number of carbonyl (C=O) groups excluding carboxylic acids is 1. The first-order valence-electron chi connectivity index (χ1n) is 12.4. The zero-order valence-electron chi connectivity index (χ0n) is 19.9. The molecule has 1 saturated heterocycles. The van der Waals surface area contributed by atoms with E-state index in [1.807, 2.05) is 24.3 Å². The quantitative estimate of drug-likeness (QED) is 0.331. The summed E-state index contributed by atoms with van der Waals surface area (Å²) >= 11 is 0. The molecule has 2 aliphatic carbocycles. The maximum atomic E-state index is 12.2. The van der Waals surface area contributed by atoms with Crippen LogP contribution in [-0.2, 0) is 9.53 Å². The summed E-state index contributed by atoms with van der Waals surface area (Å²) in [5, 5.41) is 6.74. The number of nitrogens with two attached hydrogens (primary N) is 1. The van der Waals surface area contributed by atoms with E-state index >= 15 is 0 Å². The Hall–Kier alpha value is -3.70. The topological polar surface area (TPSA) is 143 Å². The number of ether oxygens (including phenoxy) is 2. The molecule has 6 rings (SSSR count). The first kappa shape index (κ1) is 22.7. The molecule has 0 unspecified atom stereocenters. The standard InChI is InChI=1S/C25H30N8O3/c26-22(34)19-15-4-5-16(12-15)20(19)30-24-21-23(28-14-27-21)31-25(32-24)29-17-2-1-3-18(13-17)36-11-8-33-6-9-35-10-7-33/h1-5,13-16,19-20H,6-12H2,(H2,26,34)(H3,27,28,29,30,31,32)/t15-,16+,19+,20-/m0/s1. The maximum absolute atomic E-state index is 12.2. The molecule has 4 atom stereocenters. The Morgan fingerprint density at radius 2 is 2.08 bits per heavy atom. The highest BCUT2D eigenvalue weighted by Crippen LogP contribution is 2.45. The van der Waals surface area contributed by atoms with E-state index in [0.29, 0.717) is 29.5 Å². The predicted octanol–water partition coefficient (Wildman–Crippen LogP) is 1.90. The highest BCUT2D eigenvalue weighted by Gasteiger charge is 2.47. The van der Waals surface area contributed by atoms with Gasteiger partial charge in [0, 0.05) is 37.4 Å². The lowest BCUT2D eigenvalue weighted by molar-refractivity contribution is -0.122. The Bertz CT molecular complexity index is 1270. The molecule has 0 spiro atoms. The van der Waals surface area contributed by atoms with E-state index < -0.39 is 0 Å². The van der Waals surface area contributed by atoms with Crippen molar-refractivity contribution < 1.29 is 14.3 Å². The maximum Gasteiger partial charge on any atom is 0.231 e. The summed E-state index contributed by atoms with van der Waals surface area (Å²) in [6, 6.07) is 7.61. The third kappa shape index (κ3) is 4.59. The minimum atomic E-state index is -0.291. The van der Waals surface area contributed by atoms with Crippen molar-refractivity contribution in [3.63, 3.8) is 0 Å². The Balaban J connectivity index is 1.17. The molecule has 3 aliphatic rings. The van der Waals surface area contributed by atoms with Crippen molar-refractivity contribution in [2.24, 2.45) is 23.5 Å². The lowest BCUT2D eigenvalue weighted by Gasteiger charge is -2.27. The number of fused-ring (bicyclic) bond motifs is 3. The number of nitrogens with zero attached hydrogens (tertiary/aromatic N) is 4. The molecule has 1 aromatic carbocycles. The van der Waals surface area contributed by atoms with Gasteiger partial charge in [0.1, 0.15) is 17.9 Å². The molecule has 2 aromatic heterocycles. The summed E-state index contributed by atoms with van der Waals surface area (Å²) in [4.78, 5) is 31.2. The minimum absolute atomic E-state index is 0.122.